The highest BCUT2D eigenvalue weighted by molar-refractivity contribution is 6.31. The molecular weight excluding hydrogens is 262 g/mol. The fourth-order valence-corrected chi connectivity index (χ4v) is 2.06. The number of halogens is 1. The molecular formula is C14H18ClN3O. The monoisotopic (exact) mass is 279 g/mol. The minimum atomic E-state index is 0.681. The van der Waals surface area contributed by atoms with Gasteiger partial charge < -0.3 is 14.6 Å². The topological polar surface area (TPSA) is 41.3 Å². The van der Waals surface area contributed by atoms with E-state index in [-0.39, 0.29) is 0 Å². The third-order valence-electron chi connectivity index (χ3n) is 2.87. The van der Waals surface area contributed by atoms with Crippen molar-refractivity contribution in [3.8, 4) is 0 Å². The fourth-order valence-electron chi connectivity index (χ4n) is 1.89. The van der Waals surface area contributed by atoms with Crippen molar-refractivity contribution in [3.05, 3.63) is 46.5 Å². The lowest BCUT2D eigenvalue weighted by molar-refractivity contribution is 0.481. The zero-order valence-electron chi connectivity index (χ0n) is 11.4. The van der Waals surface area contributed by atoms with E-state index in [4.69, 9.17) is 16.0 Å². The molecule has 5 heteroatoms. The summed E-state index contributed by atoms with van der Waals surface area (Å²) in [6.45, 7) is 3.35. The van der Waals surface area contributed by atoms with Crippen LogP contribution in [-0.4, -0.2) is 19.1 Å². The van der Waals surface area contributed by atoms with Crippen molar-refractivity contribution < 1.29 is 4.42 Å². The first-order chi connectivity index (χ1) is 9.10. The van der Waals surface area contributed by atoms with Crippen LogP contribution in [0.15, 0.2) is 28.8 Å². The summed E-state index contributed by atoms with van der Waals surface area (Å²) in [7, 11) is 3.88. The maximum Gasteiger partial charge on any atom is 0.129 e. The molecule has 0 aliphatic rings. The third kappa shape index (κ3) is 3.49. The number of nitrogens with one attached hydrogen (secondary N) is 1. The van der Waals surface area contributed by atoms with E-state index in [1.165, 1.54) is 0 Å². The van der Waals surface area contributed by atoms with Crippen molar-refractivity contribution in [1.82, 2.24) is 10.3 Å². The van der Waals surface area contributed by atoms with Gasteiger partial charge in [-0.3, -0.25) is 0 Å². The number of anilines is 1. The van der Waals surface area contributed by atoms with Gasteiger partial charge >= 0.3 is 0 Å². The predicted molar refractivity (Wildman–Crippen MR) is 77.6 cm³/mol. The Morgan fingerprint density at radius 3 is 2.84 bits per heavy atom. The van der Waals surface area contributed by atoms with E-state index in [1.807, 2.05) is 44.1 Å². The molecule has 0 spiro atoms. The molecule has 0 aliphatic heterocycles. The first-order valence-corrected chi connectivity index (χ1v) is 6.53. The molecule has 2 rings (SSSR count). The zero-order valence-corrected chi connectivity index (χ0v) is 12.2. The molecule has 19 heavy (non-hydrogen) atoms. The molecule has 4 nitrogen and oxygen atoms in total. The summed E-state index contributed by atoms with van der Waals surface area (Å²) in [6.07, 6.45) is 1.69. The highest BCUT2D eigenvalue weighted by atomic mass is 35.5. The van der Waals surface area contributed by atoms with E-state index in [9.17, 15) is 0 Å². The number of hydrogen-bond acceptors (Lipinski definition) is 4. The second-order valence-electron chi connectivity index (χ2n) is 4.53. The summed E-state index contributed by atoms with van der Waals surface area (Å²) in [4.78, 5) is 6.38. The van der Waals surface area contributed by atoms with E-state index in [0.717, 1.165) is 29.4 Å². The van der Waals surface area contributed by atoms with Crippen LogP contribution in [0, 0.1) is 6.92 Å². The van der Waals surface area contributed by atoms with Crippen LogP contribution in [0.3, 0.4) is 0 Å². The Balaban J connectivity index is 2.14. The Labute approximate surface area is 118 Å². The maximum atomic E-state index is 6.10. The molecule has 0 aliphatic carbocycles. The highest BCUT2D eigenvalue weighted by Crippen LogP contribution is 2.21. The summed E-state index contributed by atoms with van der Waals surface area (Å²) in [5.74, 6) is 2.72. The molecule has 0 saturated carbocycles. The summed E-state index contributed by atoms with van der Waals surface area (Å²) < 4.78 is 5.57. The van der Waals surface area contributed by atoms with Gasteiger partial charge in [0, 0.05) is 19.8 Å². The normalized spacial score (nSPS) is 10.7. The van der Waals surface area contributed by atoms with Crippen LogP contribution in [0.2, 0.25) is 5.02 Å². The Kier molecular flexibility index (Phi) is 4.45. The average Bonchev–Trinajstić information content (AvgIpc) is 2.77. The van der Waals surface area contributed by atoms with Gasteiger partial charge in [-0.25, -0.2) is 4.98 Å². The lowest BCUT2D eigenvalue weighted by Crippen LogP contribution is -2.18. The number of aryl methyl sites for hydroxylation is 1. The van der Waals surface area contributed by atoms with Crippen LogP contribution in [0.4, 0.5) is 5.82 Å². The quantitative estimate of drug-likeness (QED) is 0.914. The first kappa shape index (κ1) is 13.9. The van der Waals surface area contributed by atoms with Gasteiger partial charge in [0.15, 0.2) is 0 Å². The number of nitrogens with zero attached hydrogens (tertiary/aromatic N) is 2. The van der Waals surface area contributed by atoms with Crippen molar-refractivity contribution in [1.29, 1.82) is 0 Å². The largest absolute Gasteiger partial charge is 0.464 e. The van der Waals surface area contributed by atoms with E-state index in [1.54, 1.807) is 6.20 Å². The van der Waals surface area contributed by atoms with Gasteiger partial charge in [0.1, 0.15) is 17.3 Å². The maximum absolute atomic E-state index is 6.10. The standard InChI is InChI=1S/C14H18ClN3O/c1-10-4-5-12(19-10)9-18(3)14-6-11(7-16-2)13(15)8-17-14/h4-6,8,16H,7,9H2,1-3H3. The van der Waals surface area contributed by atoms with Gasteiger partial charge in [-0.1, -0.05) is 11.6 Å². The Morgan fingerprint density at radius 2 is 2.21 bits per heavy atom. The van der Waals surface area contributed by atoms with Gasteiger partial charge in [0.05, 0.1) is 11.6 Å². The number of hydrogen-bond donors (Lipinski definition) is 1. The molecule has 0 bridgehead atoms. The van der Waals surface area contributed by atoms with Crippen LogP contribution < -0.4 is 10.2 Å². The number of rotatable bonds is 5. The molecule has 2 aromatic rings. The van der Waals surface area contributed by atoms with Gasteiger partial charge in [-0.15, -0.1) is 0 Å². The van der Waals surface area contributed by atoms with Crippen molar-refractivity contribution in [3.63, 3.8) is 0 Å². The lowest BCUT2D eigenvalue weighted by Gasteiger charge is -2.18. The van der Waals surface area contributed by atoms with Crippen molar-refractivity contribution in [2.75, 3.05) is 19.0 Å². The summed E-state index contributed by atoms with van der Waals surface area (Å²) in [5.41, 5.74) is 1.04. The van der Waals surface area contributed by atoms with E-state index in [2.05, 4.69) is 10.3 Å². The second-order valence-corrected chi connectivity index (χ2v) is 4.94. The summed E-state index contributed by atoms with van der Waals surface area (Å²) in [6, 6.07) is 5.94. The molecule has 0 amide bonds. The SMILES string of the molecule is CNCc1cc(N(C)Cc2ccc(C)o2)ncc1Cl. The minimum absolute atomic E-state index is 0.681. The Morgan fingerprint density at radius 1 is 1.42 bits per heavy atom. The zero-order chi connectivity index (χ0) is 13.8. The lowest BCUT2D eigenvalue weighted by atomic mass is 10.2. The van der Waals surface area contributed by atoms with Crippen LogP contribution in [0.5, 0.6) is 0 Å². The molecule has 0 saturated heterocycles. The molecule has 0 fully saturated rings. The van der Waals surface area contributed by atoms with Crippen LogP contribution in [0.25, 0.3) is 0 Å². The first-order valence-electron chi connectivity index (χ1n) is 6.15. The third-order valence-corrected chi connectivity index (χ3v) is 3.21. The van der Waals surface area contributed by atoms with E-state index in [0.29, 0.717) is 11.6 Å². The number of pyridine rings is 1. The summed E-state index contributed by atoms with van der Waals surface area (Å²) >= 11 is 6.10. The molecule has 0 unspecified atom stereocenters. The van der Waals surface area contributed by atoms with E-state index >= 15 is 0 Å². The van der Waals surface area contributed by atoms with Crippen molar-refractivity contribution in [2.24, 2.45) is 0 Å². The smallest absolute Gasteiger partial charge is 0.129 e. The molecule has 0 aromatic carbocycles. The molecule has 1 N–H and O–H groups in total. The average molecular weight is 280 g/mol. The molecule has 0 atom stereocenters. The Bertz CT molecular complexity index is 553. The van der Waals surface area contributed by atoms with Crippen LogP contribution in [0.1, 0.15) is 17.1 Å². The molecule has 2 heterocycles. The second kappa shape index (κ2) is 6.08. The summed E-state index contributed by atoms with van der Waals surface area (Å²) in [5, 5.41) is 3.78. The van der Waals surface area contributed by atoms with Crippen LogP contribution in [-0.2, 0) is 13.1 Å². The van der Waals surface area contributed by atoms with Gasteiger partial charge in [-0.05, 0) is 37.7 Å². The highest BCUT2D eigenvalue weighted by Gasteiger charge is 2.09. The number of furan rings is 1. The fraction of sp³-hybridized carbons (Fsp3) is 0.357. The van der Waals surface area contributed by atoms with Gasteiger partial charge in [0.2, 0.25) is 0 Å². The van der Waals surface area contributed by atoms with Gasteiger partial charge in [-0.2, -0.15) is 0 Å². The molecule has 102 valence electrons. The molecule has 2 aromatic heterocycles. The minimum Gasteiger partial charge on any atom is -0.464 e. The Hall–Kier alpha value is -1.52. The number of aromatic nitrogens is 1. The van der Waals surface area contributed by atoms with Crippen LogP contribution >= 0.6 is 11.6 Å². The van der Waals surface area contributed by atoms with Gasteiger partial charge in [0.25, 0.3) is 0 Å². The van der Waals surface area contributed by atoms with Crippen molar-refractivity contribution in [2.45, 2.75) is 20.0 Å². The van der Waals surface area contributed by atoms with E-state index < -0.39 is 0 Å². The molecule has 0 radical (unpaired) electrons. The predicted octanol–water partition coefficient (Wildman–Crippen LogP) is 2.99. The van der Waals surface area contributed by atoms with Crippen molar-refractivity contribution >= 4 is 17.4 Å².